The lowest BCUT2D eigenvalue weighted by molar-refractivity contribution is -0.138. The number of amides is 2. The lowest BCUT2D eigenvalue weighted by atomic mass is 10.0. The summed E-state index contributed by atoms with van der Waals surface area (Å²) in [6.07, 6.45) is 2.03. The maximum absolute atomic E-state index is 13.3. The summed E-state index contributed by atoms with van der Waals surface area (Å²) in [6.45, 7) is 6.51. The number of benzene rings is 1. The molecule has 0 N–H and O–H groups in total. The van der Waals surface area contributed by atoms with Gasteiger partial charge in [-0.25, -0.2) is 0 Å². The molecule has 1 fully saturated rings. The molecule has 1 aromatic carbocycles. The van der Waals surface area contributed by atoms with Crippen molar-refractivity contribution in [1.29, 1.82) is 0 Å². The monoisotopic (exact) mass is 385 g/mol. The molecule has 28 heavy (non-hydrogen) atoms. The number of likely N-dealkylation sites (tertiary alicyclic amines) is 1. The molecule has 2 aliphatic heterocycles. The van der Waals surface area contributed by atoms with Crippen LogP contribution in [0.1, 0.15) is 32.3 Å². The highest BCUT2D eigenvalue weighted by molar-refractivity contribution is 6.35. The molecule has 152 valence electrons. The van der Waals surface area contributed by atoms with Crippen molar-refractivity contribution in [2.75, 3.05) is 40.3 Å². The molecule has 0 saturated carbocycles. The smallest absolute Gasteiger partial charge is 0.277 e. The van der Waals surface area contributed by atoms with E-state index in [1.54, 1.807) is 0 Å². The minimum atomic E-state index is -0.224. The van der Waals surface area contributed by atoms with E-state index in [9.17, 15) is 9.59 Å². The fourth-order valence-corrected chi connectivity index (χ4v) is 3.90. The van der Waals surface area contributed by atoms with Gasteiger partial charge in [0.05, 0.1) is 24.8 Å². The summed E-state index contributed by atoms with van der Waals surface area (Å²) >= 11 is 0. The Morgan fingerprint density at radius 1 is 1.11 bits per heavy atom. The van der Waals surface area contributed by atoms with Gasteiger partial charge in [0.15, 0.2) is 0 Å². The van der Waals surface area contributed by atoms with Gasteiger partial charge in [0, 0.05) is 13.1 Å². The second-order valence-corrected chi connectivity index (χ2v) is 7.92. The van der Waals surface area contributed by atoms with Crippen LogP contribution in [0.4, 0.5) is 0 Å². The van der Waals surface area contributed by atoms with E-state index >= 15 is 0 Å². The van der Waals surface area contributed by atoms with Crippen molar-refractivity contribution in [3.05, 3.63) is 41.6 Å². The summed E-state index contributed by atoms with van der Waals surface area (Å²) in [5.41, 5.74) is 1.83. The number of likely N-dealkylation sites (N-methyl/N-ethyl adjacent to an activating group) is 1. The van der Waals surface area contributed by atoms with Gasteiger partial charge in [0.1, 0.15) is 5.70 Å². The van der Waals surface area contributed by atoms with E-state index in [1.165, 1.54) is 4.90 Å². The summed E-state index contributed by atoms with van der Waals surface area (Å²) in [5.74, 6) is -0.434. The molecule has 0 aromatic heterocycles. The molecule has 2 heterocycles. The van der Waals surface area contributed by atoms with Gasteiger partial charge < -0.3 is 14.5 Å². The van der Waals surface area contributed by atoms with Crippen molar-refractivity contribution < 1.29 is 14.3 Å². The summed E-state index contributed by atoms with van der Waals surface area (Å²) in [4.78, 5) is 32.1. The highest BCUT2D eigenvalue weighted by Gasteiger charge is 2.42. The minimum Gasteiger partial charge on any atom is -0.377 e. The Kier molecular flexibility index (Phi) is 6.52. The zero-order chi connectivity index (χ0) is 20.3. The lowest BCUT2D eigenvalue weighted by Gasteiger charge is -2.36. The van der Waals surface area contributed by atoms with Crippen LogP contribution in [0.15, 0.2) is 36.0 Å². The number of carbonyl (C=O) groups is 2. The third-order valence-corrected chi connectivity index (χ3v) is 5.56. The maximum atomic E-state index is 13.3. The minimum absolute atomic E-state index is 0.0655. The highest BCUT2D eigenvalue weighted by Crippen LogP contribution is 2.33. The fraction of sp³-hybridized carbons (Fsp3) is 0.545. The van der Waals surface area contributed by atoms with Crippen LogP contribution in [-0.2, 0) is 14.3 Å². The van der Waals surface area contributed by atoms with Crippen LogP contribution in [0.25, 0.3) is 5.57 Å². The summed E-state index contributed by atoms with van der Waals surface area (Å²) in [6, 6.07) is 9.78. The van der Waals surface area contributed by atoms with Gasteiger partial charge in [0.25, 0.3) is 11.8 Å². The number of ether oxygens (including phenoxy) is 1. The van der Waals surface area contributed by atoms with Gasteiger partial charge in [-0.2, -0.15) is 0 Å². The number of piperidine rings is 1. The van der Waals surface area contributed by atoms with Crippen LogP contribution in [0, 0.1) is 0 Å². The molecule has 3 rings (SSSR count). The number of hydrogen-bond acceptors (Lipinski definition) is 5. The zero-order valence-corrected chi connectivity index (χ0v) is 17.4. The van der Waals surface area contributed by atoms with Gasteiger partial charge in [-0.15, -0.1) is 0 Å². The van der Waals surface area contributed by atoms with Crippen molar-refractivity contribution in [2.24, 2.45) is 0 Å². The van der Waals surface area contributed by atoms with E-state index in [2.05, 4.69) is 11.9 Å². The predicted octanol–water partition coefficient (Wildman–Crippen LogP) is 2.22. The first-order chi connectivity index (χ1) is 13.4. The number of imide groups is 1. The molecule has 0 atom stereocenters. The highest BCUT2D eigenvalue weighted by atomic mass is 16.5. The maximum Gasteiger partial charge on any atom is 0.277 e. The van der Waals surface area contributed by atoms with Crippen LogP contribution < -0.4 is 0 Å². The quantitative estimate of drug-likeness (QED) is 0.674. The van der Waals surface area contributed by atoms with E-state index in [-0.39, 0.29) is 30.5 Å². The molecular formula is C22H31N3O3. The SMILES string of the molecule is CC(C)OCCN1C(=O)C(c2ccccc2)=C(N(C)C2CCN(C)CC2)C1=O. The fourth-order valence-electron chi connectivity index (χ4n) is 3.90. The number of rotatable bonds is 7. The summed E-state index contributed by atoms with van der Waals surface area (Å²) in [7, 11) is 4.07. The van der Waals surface area contributed by atoms with Crippen LogP contribution in [-0.4, -0.2) is 79.0 Å². The molecule has 1 aromatic rings. The normalized spacial score (nSPS) is 19.2. The molecule has 0 unspecified atom stereocenters. The first kappa shape index (κ1) is 20.6. The Bertz CT molecular complexity index is 737. The van der Waals surface area contributed by atoms with Gasteiger partial charge in [-0.05, 0) is 52.4 Å². The van der Waals surface area contributed by atoms with E-state index in [1.807, 2.05) is 56.1 Å². The van der Waals surface area contributed by atoms with Gasteiger partial charge in [0.2, 0.25) is 0 Å². The average molecular weight is 386 g/mol. The van der Waals surface area contributed by atoms with E-state index in [0.717, 1.165) is 31.5 Å². The molecule has 0 spiro atoms. The van der Waals surface area contributed by atoms with Crippen LogP contribution in [0.2, 0.25) is 0 Å². The topological polar surface area (TPSA) is 53.1 Å². The first-order valence-corrected chi connectivity index (χ1v) is 10.1. The molecule has 6 heteroatoms. The first-order valence-electron chi connectivity index (χ1n) is 10.1. The molecule has 2 aliphatic rings. The van der Waals surface area contributed by atoms with Crippen molar-refractivity contribution in [1.82, 2.24) is 14.7 Å². The van der Waals surface area contributed by atoms with Crippen LogP contribution in [0.5, 0.6) is 0 Å². The number of carbonyl (C=O) groups excluding carboxylic acids is 2. The number of nitrogens with zero attached hydrogens (tertiary/aromatic N) is 3. The third kappa shape index (κ3) is 4.28. The van der Waals surface area contributed by atoms with Gasteiger partial charge in [-0.1, -0.05) is 30.3 Å². The largest absolute Gasteiger partial charge is 0.377 e. The standard InChI is InChI=1S/C22H31N3O3/c1-16(2)28-15-14-25-21(26)19(17-8-6-5-7-9-17)20(22(25)27)24(4)18-10-12-23(3)13-11-18/h5-9,16,18H,10-15H2,1-4H3. The van der Waals surface area contributed by atoms with Gasteiger partial charge in [-0.3, -0.25) is 14.5 Å². The predicted molar refractivity (Wildman–Crippen MR) is 109 cm³/mol. The number of hydrogen-bond donors (Lipinski definition) is 0. The molecule has 0 radical (unpaired) electrons. The summed E-state index contributed by atoms with van der Waals surface area (Å²) < 4.78 is 5.58. The molecular weight excluding hydrogens is 354 g/mol. The lowest BCUT2D eigenvalue weighted by Crippen LogP contribution is -2.44. The molecule has 1 saturated heterocycles. The summed E-state index contributed by atoms with van der Waals surface area (Å²) in [5, 5.41) is 0. The Hall–Kier alpha value is -2.18. The van der Waals surface area contributed by atoms with Gasteiger partial charge >= 0.3 is 0 Å². The third-order valence-electron chi connectivity index (χ3n) is 5.56. The molecule has 0 aliphatic carbocycles. The Morgan fingerprint density at radius 2 is 1.75 bits per heavy atom. The van der Waals surface area contributed by atoms with E-state index in [0.29, 0.717) is 17.9 Å². The molecule has 2 amide bonds. The van der Waals surface area contributed by atoms with Crippen molar-refractivity contribution in [2.45, 2.75) is 38.8 Å². The average Bonchev–Trinajstić information content (AvgIpc) is 2.93. The Labute approximate surface area is 167 Å². The van der Waals surface area contributed by atoms with Crippen LogP contribution >= 0.6 is 0 Å². The van der Waals surface area contributed by atoms with Crippen molar-refractivity contribution >= 4 is 17.4 Å². The Morgan fingerprint density at radius 3 is 2.36 bits per heavy atom. The molecule has 0 bridgehead atoms. The zero-order valence-electron chi connectivity index (χ0n) is 17.4. The second-order valence-electron chi connectivity index (χ2n) is 7.92. The molecule has 6 nitrogen and oxygen atoms in total. The Balaban J connectivity index is 1.90. The van der Waals surface area contributed by atoms with Crippen molar-refractivity contribution in [3.63, 3.8) is 0 Å². The van der Waals surface area contributed by atoms with E-state index < -0.39 is 0 Å². The van der Waals surface area contributed by atoms with Crippen molar-refractivity contribution in [3.8, 4) is 0 Å². The van der Waals surface area contributed by atoms with Crippen LogP contribution in [0.3, 0.4) is 0 Å². The van der Waals surface area contributed by atoms with E-state index in [4.69, 9.17) is 4.74 Å². The second kappa shape index (κ2) is 8.88.